The van der Waals surface area contributed by atoms with Crippen molar-refractivity contribution in [2.75, 3.05) is 26.7 Å². The standard InChI is InChI=1S/C18H23N3O2/c1-22-17-18(20-11-10-19-17)23-16-8-13-21(14-9-16)12-7-15-5-3-2-4-6-15/h2-6,10-11,16H,7-9,12-14H2,1H3. The minimum atomic E-state index is 0.188. The van der Waals surface area contributed by atoms with Gasteiger partial charge in [-0.3, -0.25) is 0 Å². The zero-order valence-electron chi connectivity index (χ0n) is 13.5. The van der Waals surface area contributed by atoms with Crippen molar-refractivity contribution in [3.63, 3.8) is 0 Å². The number of ether oxygens (including phenoxy) is 2. The van der Waals surface area contributed by atoms with Crippen LogP contribution in [0.5, 0.6) is 11.8 Å². The molecule has 1 aliphatic heterocycles. The highest BCUT2D eigenvalue weighted by Gasteiger charge is 2.22. The summed E-state index contributed by atoms with van der Waals surface area (Å²) >= 11 is 0. The summed E-state index contributed by atoms with van der Waals surface area (Å²) < 4.78 is 11.1. The van der Waals surface area contributed by atoms with Gasteiger partial charge in [0.05, 0.1) is 7.11 Å². The second-order valence-electron chi connectivity index (χ2n) is 5.77. The van der Waals surface area contributed by atoms with Gasteiger partial charge in [-0.05, 0) is 24.8 Å². The van der Waals surface area contributed by atoms with Gasteiger partial charge in [0, 0.05) is 32.0 Å². The van der Waals surface area contributed by atoms with Crippen molar-refractivity contribution < 1.29 is 9.47 Å². The van der Waals surface area contributed by atoms with E-state index in [4.69, 9.17) is 9.47 Å². The van der Waals surface area contributed by atoms with E-state index in [1.807, 2.05) is 0 Å². The zero-order chi connectivity index (χ0) is 15.9. The number of piperidine rings is 1. The smallest absolute Gasteiger partial charge is 0.278 e. The Kier molecular flexibility index (Phi) is 5.42. The molecule has 0 amide bonds. The third-order valence-corrected chi connectivity index (χ3v) is 4.20. The molecule has 0 spiro atoms. The van der Waals surface area contributed by atoms with Crippen LogP contribution in [-0.2, 0) is 6.42 Å². The van der Waals surface area contributed by atoms with Gasteiger partial charge in [0.15, 0.2) is 0 Å². The van der Waals surface area contributed by atoms with Crippen molar-refractivity contribution in [2.24, 2.45) is 0 Å². The van der Waals surface area contributed by atoms with E-state index in [0.29, 0.717) is 11.8 Å². The second-order valence-corrected chi connectivity index (χ2v) is 5.77. The van der Waals surface area contributed by atoms with Gasteiger partial charge >= 0.3 is 0 Å². The van der Waals surface area contributed by atoms with Gasteiger partial charge in [-0.2, -0.15) is 0 Å². The number of methoxy groups -OCH3 is 1. The van der Waals surface area contributed by atoms with Crippen molar-refractivity contribution in [2.45, 2.75) is 25.4 Å². The molecule has 1 saturated heterocycles. The molecular formula is C18H23N3O2. The summed E-state index contributed by atoms with van der Waals surface area (Å²) in [4.78, 5) is 10.8. The molecule has 122 valence electrons. The van der Waals surface area contributed by atoms with Gasteiger partial charge in [-0.1, -0.05) is 30.3 Å². The van der Waals surface area contributed by atoms with Gasteiger partial charge in [-0.15, -0.1) is 0 Å². The molecule has 0 unspecified atom stereocenters. The lowest BCUT2D eigenvalue weighted by Gasteiger charge is -2.31. The van der Waals surface area contributed by atoms with Crippen LogP contribution >= 0.6 is 0 Å². The Labute approximate surface area is 137 Å². The summed E-state index contributed by atoms with van der Waals surface area (Å²) in [5, 5.41) is 0. The predicted octanol–water partition coefficient (Wildman–Crippen LogP) is 2.57. The lowest BCUT2D eigenvalue weighted by molar-refractivity contribution is 0.0938. The Morgan fingerprint density at radius 1 is 1.04 bits per heavy atom. The van der Waals surface area contributed by atoms with Crippen LogP contribution in [0.25, 0.3) is 0 Å². The van der Waals surface area contributed by atoms with E-state index in [1.54, 1.807) is 19.5 Å². The van der Waals surface area contributed by atoms with Crippen LogP contribution in [0.1, 0.15) is 18.4 Å². The maximum absolute atomic E-state index is 5.96. The highest BCUT2D eigenvalue weighted by molar-refractivity contribution is 5.24. The molecule has 0 saturated carbocycles. The van der Waals surface area contributed by atoms with Crippen LogP contribution in [0, 0.1) is 0 Å². The van der Waals surface area contributed by atoms with Crippen LogP contribution in [0.15, 0.2) is 42.7 Å². The summed E-state index contributed by atoms with van der Waals surface area (Å²) in [5.74, 6) is 0.955. The fourth-order valence-corrected chi connectivity index (χ4v) is 2.87. The number of rotatable bonds is 6. The summed E-state index contributed by atoms with van der Waals surface area (Å²) in [6.07, 6.45) is 6.55. The van der Waals surface area contributed by atoms with E-state index in [2.05, 4.69) is 45.2 Å². The number of hydrogen-bond donors (Lipinski definition) is 0. The lowest BCUT2D eigenvalue weighted by Crippen LogP contribution is -2.39. The highest BCUT2D eigenvalue weighted by atomic mass is 16.5. The number of benzene rings is 1. The molecule has 23 heavy (non-hydrogen) atoms. The predicted molar refractivity (Wildman–Crippen MR) is 88.8 cm³/mol. The monoisotopic (exact) mass is 313 g/mol. The van der Waals surface area contributed by atoms with Gasteiger partial charge in [-0.25, -0.2) is 9.97 Å². The molecule has 3 rings (SSSR count). The van der Waals surface area contributed by atoms with E-state index in [0.717, 1.165) is 38.9 Å². The van der Waals surface area contributed by atoms with Crippen LogP contribution in [0.3, 0.4) is 0 Å². The molecule has 5 heteroatoms. The first kappa shape index (κ1) is 15.7. The molecule has 0 atom stereocenters. The fourth-order valence-electron chi connectivity index (χ4n) is 2.87. The topological polar surface area (TPSA) is 47.5 Å². The second kappa shape index (κ2) is 7.92. The Morgan fingerprint density at radius 2 is 1.74 bits per heavy atom. The molecule has 1 aliphatic rings. The quantitative estimate of drug-likeness (QED) is 0.820. The Morgan fingerprint density at radius 3 is 2.43 bits per heavy atom. The van der Waals surface area contributed by atoms with E-state index in [9.17, 15) is 0 Å². The van der Waals surface area contributed by atoms with Gasteiger partial charge in [0.1, 0.15) is 6.10 Å². The first-order valence-electron chi connectivity index (χ1n) is 8.13. The molecule has 0 bridgehead atoms. The molecule has 1 fully saturated rings. The van der Waals surface area contributed by atoms with Crippen molar-refractivity contribution in [3.05, 3.63) is 48.3 Å². The molecule has 0 aliphatic carbocycles. The third-order valence-electron chi connectivity index (χ3n) is 4.20. The molecule has 2 aromatic rings. The molecule has 5 nitrogen and oxygen atoms in total. The normalized spacial score (nSPS) is 16.2. The molecular weight excluding hydrogens is 290 g/mol. The summed E-state index contributed by atoms with van der Waals surface area (Å²) in [7, 11) is 1.59. The van der Waals surface area contributed by atoms with E-state index >= 15 is 0 Å². The van der Waals surface area contributed by atoms with Crippen molar-refractivity contribution >= 4 is 0 Å². The highest BCUT2D eigenvalue weighted by Crippen LogP contribution is 2.24. The summed E-state index contributed by atoms with van der Waals surface area (Å²) in [5.41, 5.74) is 1.40. The van der Waals surface area contributed by atoms with E-state index in [1.165, 1.54) is 5.56 Å². The third kappa shape index (κ3) is 4.42. The maximum Gasteiger partial charge on any atom is 0.278 e. The number of likely N-dealkylation sites (tertiary alicyclic amines) is 1. The average Bonchev–Trinajstić information content (AvgIpc) is 2.62. The molecule has 1 aromatic carbocycles. The van der Waals surface area contributed by atoms with Crippen molar-refractivity contribution in [1.82, 2.24) is 14.9 Å². The fraction of sp³-hybridized carbons (Fsp3) is 0.444. The largest absolute Gasteiger partial charge is 0.477 e. The Balaban J connectivity index is 1.45. The van der Waals surface area contributed by atoms with Gasteiger partial charge < -0.3 is 14.4 Å². The number of nitrogens with zero attached hydrogens (tertiary/aromatic N) is 3. The zero-order valence-corrected chi connectivity index (χ0v) is 13.5. The number of hydrogen-bond acceptors (Lipinski definition) is 5. The molecule has 0 radical (unpaired) electrons. The van der Waals surface area contributed by atoms with Gasteiger partial charge in [0.25, 0.3) is 11.8 Å². The first-order valence-corrected chi connectivity index (χ1v) is 8.13. The Bertz CT molecular complexity index is 598. The van der Waals surface area contributed by atoms with Gasteiger partial charge in [0.2, 0.25) is 0 Å². The van der Waals surface area contributed by atoms with Crippen molar-refractivity contribution in [3.8, 4) is 11.8 Å². The summed E-state index contributed by atoms with van der Waals surface area (Å²) in [6, 6.07) is 10.6. The lowest BCUT2D eigenvalue weighted by atomic mass is 10.1. The van der Waals surface area contributed by atoms with Crippen LogP contribution in [-0.4, -0.2) is 47.7 Å². The molecule has 1 aromatic heterocycles. The SMILES string of the molecule is COc1nccnc1OC1CCN(CCc2ccccc2)CC1. The van der Waals surface area contributed by atoms with E-state index in [-0.39, 0.29) is 6.10 Å². The van der Waals surface area contributed by atoms with Crippen LogP contribution in [0.4, 0.5) is 0 Å². The average molecular weight is 313 g/mol. The van der Waals surface area contributed by atoms with Crippen LogP contribution in [0.2, 0.25) is 0 Å². The first-order chi connectivity index (χ1) is 11.3. The summed E-state index contributed by atoms with van der Waals surface area (Å²) in [6.45, 7) is 3.21. The minimum Gasteiger partial charge on any atom is -0.477 e. The Hall–Kier alpha value is -2.14. The van der Waals surface area contributed by atoms with E-state index < -0.39 is 0 Å². The minimum absolute atomic E-state index is 0.188. The van der Waals surface area contributed by atoms with Crippen LogP contribution < -0.4 is 9.47 Å². The molecule has 2 heterocycles. The number of aromatic nitrogens is 2. The molecule has 0 N–H and O–H groups in total. The van der Waals surface area contributed by atoms with Crippen molar-refractivity contribution in [1.29, 1.82) is 0 Å². The maximum atomic E-state index is 5.96.